The van der Waals surface area contributed by atoms with Crippen LogP contribution >= 0.6 is 0 Å². The van der Waals surface area contributed by atoms with Gasteiger partial charge in [-0.15, -0.1) is 0 Å². The minimum absolute atomic E-state index is 0.0852. The smallest absolute Gasteiger partial charge is 0.273 e. The Morgan fingerprint density at radius 2 is 2.17 bits per heavy atom. The number of carbonyl (C=O) groups excluding carboxylic acids is 1. The van der Waals surface area contributed by atoms with Crippen LogP contribution in [0, 0.1) is 0 Å². The number of aromatic nitrogens is 1. The summed E-state index contributed by atoms with van der Waals surface area (Å²) < 4.78 is 16.5. The van der Waals surface area contributed by atoms with Crippen molar-refractivity contribution in [2.24, 2.45) is 0 Å². The molecule has 0 saturated carbocycles. The van der Waals surface area contributed by atoms with Crippen LogP contribution in [0.3, 0.4) is 0 Å². The van der Waals surface area contributed by atoms with Crippen molar-refractivity contribution in [3.8, 4) is 5.75 Å². The van der Waals surface area contributed by atoms with Crippen LogP contribution in [0.2, 0.25) is 0 Å². The Morgan fingerprint density at radius 1 is 1.38 bits per heavy atom. The Bertz CT molecular complexity index is 681. The first-order chi connectivity index (χ1) is 11.5. The quantitative estimate of drug-likeness (QED) is 0.912. The molecule has 1 aliphatic rings. The molecule has 6 nitrogen and oxygen atoms in total. The summed E-state index contributed by atoms with van der Waals surface area (Å²) in [7, 11) is 0. The molecule has 6 heteroatoms. The fraction of sp³-hybridized carbons (Fsp3) is 0.444. The maximum atomic E-state index is 12.3. The van der Waals surface area contributed by atoms with Gasteiger partial charge in [0.2, 0.25) is 5.89 Å². The normalized spacial score (nSPS) is 19.7. The SMILES string of the molecule is CC1(C)C[C@@H](NC(=O)c2coc(COc3ccccc3)n2)CCO1. The van der Waals surface area contributed by atoms with Gasteiger partial charge in [-0.25, -0.2) is 4.98 Å². The molecule has 1 amide bonds. The van der Waals surface area contributed by atoms with E-state index in [4.69, 9.17) is 13.9 Å². The zero-order valence-corrected chi connectivity index (χ0v) is 14.0. The van der Waals surface area contributed by atoms with Crippen molar-refractivity contribution < 1.29 is 18.7 Å². The number of benzene rings is 1. The number of nitrogens with one attached hydrogen (secondary N) is 1. The maximum absolute atomic E-state index is 12.3. The molecule has 0 radical (unpaired) electrons. The number of hydrogen-bond donors (Lipinski definition) is 1. The predicted octanol–water partition coefficient (Wildman–Crippen LogP) is 2.94. The molecule has 24 heavy (non-hydrogen) atoms. The summed E-state index contributed by atoms with van der Waals surface area (Å²) >= 11 is 0. The Balaban J connectivity index is 1.54. The third kappa shape index (κ3) is 4.35. The van der Waals surface area contributed by atoms with Crippen molar-refractivity contribution in [2.75, 3.05) is 6.61 Å². The molecular weight excluding hydrogens is 308 g/mol. The largest absolute Gasteiger partial charge is 0.484 e. The molecular formula is C18H22N2O4. The first-order valence-electron chi connectivity index (χ1n) is 8.09. The van der Waals surface area contributed by atoms with Gasteiger partial charge in [-0.05, 0) is 38.8 Å². The molecule has 128 valence electrons. The van der Waals surface area contributed by atoms with Gasteiger partial charge in [0.1, 0.15) is 12.0 Å². The number of amides is 1. The standard InChI is InChI=1S/C18H22N2O4/c1-18(2)10-13(8-9-24-18)19-17(21)15-11-23-16(20-15)12-22-14-6-4-3-5-7-14/h3-7,11,13H,8-10,12H2,1-2H3,(H,19,21)/t13-/m0/s1. The van der Waals surface area contributed by atoms with Gasteiger partial charge in [0.25, 0.3) is 5.91 Å². The van der Waals surface area contributed by atoms with Crippen LogP contribution in [0.15, 0.2) is 41.0 Å². The molecule has 0 spiro atoms. The summed E-state index contributed by atoms with van der Waals surface area (Å²) in [4.78, 5) is 16.5. The summed E-state index contributed by atoms with van der Waals surface area (Å²) in [5.74, 6) is 0.870. The minimum Gasteiger partial charge on any atom is -0.484 e. The molecule has 1 aromatic carbocycles. The van der Waals surface area contributed by atoms with E-state index in [-0.39, 0.29) is 29.9 Å². The number of ether oxygens (including phenoxy) is 2. The second-order valence-electron chi connectivity index (χ2n) is 6.50. The maximum Gasteiger partial charge on any atom is 0.273 e. The summed E-state index contributed by atoms with van der Waals surface area (Å²) in [6.45, 7) is 4.88. The zero-order chi connectivity index (χ0) is 17.0. The molecule has 1 aliphatic heterocycles. The van der Waals surface area contributed by atoms with Crippen molar-refractivity contribution >= 4 is 5.91 Å². The van der Waals surface area contributed by atoms with Gasteiger partial charge in [0.15, 0.2) is 12.3 Å². The van der Waals surface area contributed by atoms with E-state index < -0.39 is 0 Å². The van der Waals surface area contributed by atoms with Crippen LogP contribution in [0.25, 0.3) is 0 Å². The number of nitrogens with zero attached hydrogens (tertiary/aromatic N) is 1. The highest BCUT2D eigenvalue weighted by molar-refractivity contribution is 5.92. The highest BCUT2D eigenvalue weighted by Crippen LogP contribution is 2.24. The molecule has 1 fully saturated rings. The minimum atomic E-state index is -0.229. The lowest BCUT2D eigenvalue weighted by Crippen LogP contribution is -2.45. The second kappa shape index (κ2) is 7.05. The molecule has 2 heterocycles. The van der Waals surface area contributed by atoms with E-state index in [0.29, 0.717) is 12.5 Å². The Kier molecular flexibility index (Phi) is 4.85. The van der Waals surface area contributed by atoms with Gasteiger partial charge in [0, 0.05) is 12.6 Å². The van der Waals surface area contributed by atoms with E-state index in [1.165, 1.54) is 6.26 Å². The third-order valence-corrected chi connectivity index (χ3v) is 3.92. The first-order valence-corrected chi connectivity index (χ1v) is 8.09. The Hall–Kier alpha value is -2.34. The second-order valence-corrected chi connectivity index (χ2v) is 6.50. The van der Waals surface area contributed by atoms with Crippen molar-refractivity contribution in [1.82, 2.24) is 10.3 Å². The Labute approximate surface area is 141 Å². The predicted molar refractivity (Wildman–Crippen MR) is 87.8 cm³/mol. The fourth-order valence-corrected chi connectivity index (χ4v) is 2.76. The van der Waals surface area contributed by atoms with Crippen LogP contribution in [-0.4, -0.2) is 29.1 Å². The molecule has 1 aromatic heterocycles. The topological polar surface area (TPSA) is 73.6 Å². The first kappa shape index (κ1) is 16.5. The number of hydrogen-bond acceptors (Lipinski definition) is 5. The average molecular weight is 330 g/mol. The number of carbonyl (C=O) groups is 1. The molecule has 1 N–H and O–H groups in total. The molecule has 0 unspecified atom stereocenters. The van der Waals surface area contributed by atoms with E-state index >= 15 is 0 Å². The molecule has 2 aromatic rings. The molecule has 3 rings (SSSR count). The molecule has 0 aliphatic carbocycles. The van der Waals surface area contributed by atoms with Crippen LogP contribution in [0.5, 0.6) is 5.75 Å². The number of para-hydroxylation sites is 1. The lowest BCUT2D eigenvalue weighted by molar-refractivity contribution is -0.0615. The van der Waals surface area contributed by atoms with Crippen LogP contribution in [0.1, 0.15) is 43.1 Å². The lowest BCUT2D eigenvalue weighted by atomic mass is 9.94. The van der Waals surface area contributed by atoms with E-state index in [9.17, 15) is 4.79 Å². The van der Waals surface area contributed by atoms with Gasteiger partial charge < -0.3 is 19.2 Å². The molecule has 0 bridgehead atoms. The van der Waals surface area contributed by atoms with Crippen molar-refractivity contribution in [3.05, 3.63) is 48.2 Å². The van der Waals surface area contributed by atoms with Gasteiger partial charge in [0.05, 0.1) is 5.60 Å². The van der Waals surface area contributed by atoms with Crippen LogP contribution < -0.4 is 10.1 Å². The number of rotatable bonds is 5. The van der Waals surface area contributed by atoms with E-state index in [1.807, 2.05) is 44.2 Å². The summed E-state index contributed by atoms with van der Waals surface area (Å²) in [6, 6.07) is 9.48. The molecule has 1 atom stereocenters. The van der Waals surface area contributed by atoms with Crippen molar-refractivity contribution in [1.29, 1.82) is 0 Å². The van der Waals surface area contributed by atoms with Crippen LogP contribution in [-0.2, 0) is 11.3 Å². The van der Waals surface area contributed by atoms with Gasteiger partial charge in [-0.2, -0.15) is 0 Å². The van der Waals surface area contributed by atoms with Crippen LogP contribution in [0.4, 0.5) is 0 Å². The van der Waals surface area contributed by atoms with Gasteiger partial charge in [-0.3, -0.25) is 4.79 Å². The van der Waals surface area contributed by atoms with Crippen molar-refractivity contribution in [3.63, 3.8) is 0 Å². The highest BCUT2D eigenvalue weighted by Gasteiger charge is 2.30. The zero-order valence-electron chi connectivity index (χ0n) is 14.0. The molecule has 1 saturated heterocycles. The Morgan fingerprint density at radius 3 is 2.92 bits per heavy atom. The summed E-state index contributed by atoms with van der Waals surface area (Å²) in [5.41, 5.74) is 0.0558. The monoisotopic (exact) mass is 330 g/mol. The van der Waals surface area contributed by atoms with Crippen molar-refractivity contribution in [2.45, 2.75) is 44.9 Å². The van der Waals surface area contributed by atoms with E-state index in [0.717, 1.165) is 18.6 Å². The van der Waals surface area contributed by atoms with E-state index in [2.05, 4.69) is 10.3 Å². The summed E-state index contributed by atoms with van der Waals surface area (Å²) in [5, 5.41) is 3.00. The summed E-state index contributed by atoms with van der Waals surface area (Å²) in [6.07, 6.45) is 2.95. The third-order valence-electron chi connectivity index (χ3n) is 3.92. The lowest BCUT2D eigenvalue weighted by Gasteiger charge is -2.35. The average Bonchev–Trinajstić information content (AvgIpc) is 3.02. The van der Waals surface area contributed by atoms with Gasteiger partial charge in [-0.1, -0.05) is 18.2 Å². The van der Waals surface area contributed by atoms with Gasteiger partial charge >= 0.3 is 0 Å². The van der Waals surface area contributed by atoms with E-state index in [1.54, 1.807) is 0 Å². The fourth-order valence-electron chi connectivity index (χ4n) is 2.76. The number of oxazole rings is 1. The highest BCUT2D eigenvalue weighted by atomic mass is 16.5.